The molecular weight excluding hydrogens is 242 g/mol. The molecule has 0 rings (SSSR count). The lowest BCUT2D eigenvalue weighted by Crippen LogP contribution is -2.29. The van der Waals surface area contributed by atoms with Gasteiger partial charge in [-0.3, -0.25) is 4.79 Å². The first kappa shape index (κ1) is 16.4. The third kappa shape index (κ3) is 9.59. The first-order chi connectivity index (χ1) is 8.60. The van der Waals surface area contributed by atoms with Gasteiger partial charge in [0.15, 0.2) is 0 Å². The Morgan fingerprint density at radius 1 is 1.50 bits per heavy atom. The summed E-state index contributed by atoms with van der Waals surface area (Å²) in [6, 6.07) is 0. The van der Waals surface area contributed by atoms with Crippen LogP contribution in [-0.4, -0.2) is 37.0 Å². The number of carbonyl (C=O) groups is 1. The van der Waals surface area contributed by atoms with Gasteiger partial charge in [0.05, 0.1) is 6.61 Å². The lowest BCUT2D eigenvalue weighted by Gasteiger charge is -2.16. The minimum Gasteiger partial charge on any atom is -0.458 e. The second kappa shape index (κ2) is 10.5. The average molecular weight is 261 g/mol. The number of esters is 1. The number of allylic oxidation sites excluding steroid dienone is 1. The highest BCUT2D eigenvalue weighted by Gasteiger charge is 2.16. The molecule has 0 N–H and O–H groups in total. The third-order valence-electron chi connectivity index (χ3n) is 1.87. The van der Waals surface area contributed by atoms with Gasteiger partial charge in [0.2, 0.25) is 0 Å². The van der Waals surface area contributed by atoms with Crippen molar-refractivity contribution < 1.29 is 24.2 Å². The zero-order chi connectivity index (χ0) is 13.8. The normalized spacial score (nSPS) is 11.6. The molecule has 0 saturated carbocycles. The van der Waals surface area contributed by atoms with Crippen LogP contribution in [0.1, 0.15) is 26.2 Å². The second-order valence-corrected chi connectivity index (χ2v) is 3.53. The number of hydrogen-bond donors (Lipinski definition) is 0. The molecule has 0 aliphatic rings. The van der Waals surface area contributed by atoms with Crippen molar-refractivity contribution in [3.63, 3.8) is 0 Å². The molecule has 0 aromatic heterocycles. The quantitative estimate of drug-likeness (QED) is 0.184. The number of hydrogen-bond acceptors (Lipinski definition) is 6. The molecule has 0 spiro atoms. The van der Waals surface area contributed by atoms with Gasteiger partial charge in [-0.1, -0.05) is 13.0 Å². The standard InChI is InChI=1S/C11H19NO6/c1-3-5-6-11(13)18-10(8-16-7-4-2)9-17-12(14)15/h3,10H,1,4-9H2,2H3. The van der Waals surface area contributed by atoms with E-state index >= 15 is 0 Å². The molecule has 0 saturated heterocycles. The summed E-state index contributed by atoms with van der Waals surface area (Å²) < 4.78 is 10.2. The van der Waals surface area contributed by atoms with E-state index in [9.17, 15) is 14.9 Å². The fourth-order valence-electron chi connectivity index (χ4n) is 1.08. The molecule has 7 nitrogen and oxygen atoms in total. The zero-order valence-electron chi connectivity index (χ0n) is 10.5. The van der Waals surface area contributed by atoms with E-state index in [1.54, 1.807) is 6.08 Å². The minimum atomic E-state index is -0.926. The summed E-state index contributed by atoms with van der Waals surface area (Å²) in [6.07, 6.45) is 2.33. The van der Waals surface area contributed by atoms with Crippen molar-refractivity contribution in [3.05, 3.63) is 22.8 Å². The first-order valence-corrected chi connectivity index (χ1v) is 5.75. The Hall–Kier alpha value is -1.63. The molecule has 104 valence electrons. The topological polar surface area (TPSA) is 87.9 Å². The van der Waals surface area contributed by atoms with E-state index in [1.165, 1.54) is 0 Å². The summed E-state index contributed by atoms with van der Waals surface area (Å²) in [4.78, 5) is 25.6. The van der Waals surface area contributed by atoms with E-state index in [-0.39, 0.29) is 19.6 Å². The van der Waals surface area contributed by atoms with E-state index in [1.807, 2.05) is 6.92 Å². The Balaban J connectivity index is 4.04. The summed E-state index contributed by atoms with van der Waals surface area (Å²) >= 11 is 0. The highest BCUT2D eigenvalue weighted by molar-refractivity contribution is 5.69. The van der Waals surface area contributed by atoms with Crippen LogP contribution in [0, 0.1) is 10.1 Å². The molecule has 0 radical (unpaired) electrons. The molecule has 0 aliphatic heterocycles. The van der Waals surface area contributed by atoms with Gasteiger partial charge in [0.1, 0.15) is 12.7 Å². The van der Waals surface area contributed by atoms with Gasteiger partial charge in [0.25, 0.3) is 5.09 Å². The van der Waals surface area contributed by atoms with Crippen molar-refractivity contribution in [2.24, 2.45) is 0 Å². The maximum Gasteiger partial charge on any atom is 0.306 e. The van der Waals surface area contributed by atoms with Gasteiger partial charge >= 0.3 is 5.97 Å². The van der Waals surface area contributed by atoms with E-state index in [2.05, 4.69) is 11.4 Å². The lowest BCUT2D eigenvalue weighted by atomic mass is 10.3. The molecule has 18 heavy (non-hydrogen) atoms. The fraction of sp³-hybridized carbons (Fsp3) is 0.727. The number of ether oxygens (including phenoxy) is 2. The van der Waals surface area contributed by atoms with Gasteiger partial charge in [-0.15, -0.1) is 16.7 Å². The van der Waals surface area contributed by atoms with Gasteiger partial charge < -0.3 is 14.3 Å². The fourth-order valence-corrected chi connectivity index (χ4v) is 1.08. The Kier molecular flexibility index (Phi) is 9.57. The molecule has 0 fully saturated rings. The van der Waals surface area contributed by atoms with Gasteiger partial charge in [-0.25, -0.2) is 0 Å². The predicted octanol–water partition coefficient (Wildman–Crippen LogP) is 1.50. The van der Waals surface area contributed by atoms with E-state index in [0.29, 0.717) is 13.0 Å². The van der Waals surface area contributed by atoms with Crippen molar-refractivity contribution >= 4 is 5.97 Å². The zero-order valence-corrected chi connectivity index (χ0v) is 10.5. The highest BCUT2D eigenvalue weighted by Crippen LogP contribution is 2.01. The maximum atomic E-state index is 11.3. The van der Waals surface area contributed by atoms with Gasteiger partial charge in [-0.05, 0) is 12.8 Å². The number of nitrogens with zero attached hydrogens (tertiary/aromatic N) is 1. The Morgan fingerprint density at radius 3 is 2.78 bits per heavy atom. The van der Waals surface area contributed by atoms with Crippen LogP contribution in [0.4, 0.5) is 0 Å². The molecule has 7 heteroatoms. The van der Waals surface area contributed by atoms with E-state index < -0.39 is 17.2 Å². The van der Waals surface area contributed by atoms with Crippen LogP contribution in [0.5, 0.6) is 0 Å². The van der Waals surface area contributed by atoms with Crippen LogP contribution in [-0.2, 0) is 19.1 Å². The largest absolute Gasteiger partial charge is 0.458 e. The van der Waals surface area contributed by atoms with Crippen molar-refractivity contribution in [2.75, 3.05) is 19.8 Å². The summed E-state index contributed by atoms with van der Waals surface area (Å²) in [5.74, 6) is -0.452. The summed E-state index contributed by atoms with van der Waals surface area (Å²) in [5, 5.41) is 9.15. The van der Waals surface area contributed by atoms with Crippen LogP contribution in [0.25, 0.3) is 0 Å². The molecule has 0 amide bonds. The molecule has 1 atom stereocenters. The molecule has 0 heterocycles. The smallest absolute Gasteiger partial charge is 0.306 e. The molecule has 0 bridgehead atoms. The van der Waals surface area contributed by atoms with Crippen molar-refractivity contribution in [1.29, 1.82) is 0 Å². The third-order valence-corrected chi connectivity index (χ3v) is 1.87. The van der Waals surface area contributed by atoms with Crippen LogP contribution in [0.3, 0.4) is 0 Å². The molecular formula is C11H19NO6. The summed E-state index contributed by atoms with van der Waals surface area (Å²) in [6.45, 7) is 5.68. The Bertz CT molecular complexity index is 268. The Labute approximate surface area is 106 Å². The summed E-state index contributed by atoms with van der Waals surface area (Å²) in [5.41, 5.74) is 0. The van der Waals surface area contributed by atoms with Crippen molar-refractivity contribution in [1.82, 2.24) is 0 Å². The monoisotopic (exact) mass is 261 g/mol. The van der Waals surface area contributed by atoms with Crippen LogP contribution < -0.4 is 0 Å². The Morgan fingerprint density at radius 2 is 2.22 bits per heavy atom. The second-order valence-electron chi connectivity index (χ2n) is 3.53. The summed E-state index contributed by atoms with van der Waals surface area (Å²) in [7, 11) is 0. The van der Waals surface area contributed by atoms with Crippen LogP contribution >= 0.6 is 0 Å². The van der Waals surface area contributed by atoms with Gasteiger partial charge in [0, 0.05) is 13.0 Å². The minimum absolute atomic E-state index is 0.0848. The SMILES string of the molecule is C=CCCC(=O)OC(COCCC)CO[N+](=O)[O-]. The first-order valence-electron chi connectivity index (χ1n) is 5.75. The average Bonchev–Trinajstić information content (AvgIpc) is 2.33. The molecule has 0 aromatic carbocycles. The molecule has 0 aliphatic carbocycles. The predicted molar refractivity (Wildman–Crippen MR) is 63.4 cm³/mol. The molecule has 0 aromatic rings. The molecule has 1 unspecified atom stereocenters. The number of rotatable bonds is 11. The number of carbonyl (C=O) groups excluding carboxylic acids is 1. The van der Waals surface area contributed by atoms with Crippen molar-refractivity contribution in [3.8, 4) is 0 Å². The van der Waals surface area contributed by atoms with Gasteiger partial charge in [-0.2, -0.15) is 0 Å². The van der Waals surface area contributed by atoms with Crippen molar-refractivity contribution in [2.45, 2.75) is 32.3 Å². The lowest BCUT2D eigenvalue weighted by molar-refractivity contribution is -0.759. The highest BCUT2D eigenvalue weighted by atomic mass is 17.0. The van der Waals surface area contributed by atoms with Crippen LogP contribution in [0.2, 0.25) is 0 Å². The van der Waals surface area contributed by atoms with E-state index in [4.69, 9.17) is 9.47 Å². The van der Waals surface area contributed by atoms with E-state index in [0.717, 1.165) is 6.42 Å². The van der Waals surface area contributed by atoms with Crippen LogP contribution in [0.15, 0.2) is 12.7 Å². The maximum absolute atomic E-state index is 11.3.